The van der Waals surface area contributed by atoms with E-state index in [1.807, 2.05) is 0 Å². The van der Waals surface area contributed by atoms with Gasteiger partial charge >= 0.3 is 0 Å². The average Bonchev–Trinajstić information content (AvgIpc) is 2.60. The van der Waals surface area contributed by atoms with Gasteiger partial charge in [0.1, 0.15) is 5.84 Å². The van der Waals surface area contributed by atoms with E-state index in [4.69, 9.17) is 4.74 Å². The third-order valence-electron chi connectivity index (χ3n) is 2.48. The number of benzene rings is 1. The minimum Gasteiger partial charge on any atom is -0.389 e. The van der Waals surface area contributed by atoms with Crippen LogP contribution in [0.4, 0.5) is 0 Å². The molecule has 1 atom stereocenters. The number of aliphatic hydroxyl groups is 1. The molecule has 0 radical (unpaired) electrons. The Labute approximate surface area is 105 Å². The van der Waals surface area contributed by atoms with Gasteiger partial charge in [0.25, 0.3) is 10.0 Å². The zero-order valence-electron chi connectivity index (χ0n) is 9.83. The highest BCUT2D eigenvalue weighted by Gasteiger charge is 2.30. The van der Waals surface area contributed by atoms with Gasteiger partial charge < -0.3 is 9.84 Å². The summed E-state index contributed by atoms with van der Waals surface area (Å²) in [4.78, 5) is 4.29. The largest absolute Gasteiger partial charge is 0.389 e. The van der Waals surface area contributed by atoms with E-state index in [-0.39, 0.29) is 23.9 Å². The standard InChI is InChI=1S/C11H14N2O4S/c1-17-7-8(14)6-12-11-9-4-2-3-5-10(9)18(15,16)13-11/h2-5,8,14H,6-7H2,1H3,(H,12,13)/t8-/m1/s1. The molecule has 0 bridgehead atoms. The number of rotatable bonds is 4. The fourth-order valence-corrected chi connectivity index (χ4v) is 2.94. The quantitative estimate of drug-likeness (QED) is 0.788. The van der Waals surface area contributed by atoms with Gasteiger partial charge in [-0.3, -0.25) is 9.71 Å². The van der Waals surface area contributed by atoms with E-state index in [2.05, 4.69) is 9.71 Å². The summed E-state index contributed by atoms with van der Waals surface area (Å²) < 4.78 is 30.6. The number of ether oxygens (including phenoxy) is 1. The maximum Gasteiger partial charge on any atom is 0.263 e. The first-order valence-corrected chi connectivity index (χ1v) is 6.86. The Morgan fingerprint density at radius 1 is 1.44 bits per heavy atom. The van der Waals surface area contributed by atoms with Crippen molar-refractivity contribution in [3.8, 4) is 0 Å². The Morgan fingerprint density at radius 3 is 2.89 bits per heavy atom. The Bertz CT molecular complexity index is 568. The van der Waals surface area contributed by atoms with Gasteiger partial charge in [-0.05, 0) is 12.1 Å². The molecular formula is C11H14N2O4S. The number of aliphatic imine (C=N–C) groups is 1. The highest BCUT2D eigenvalue weighted by molar-refractivity contribution is 7.90. The van der Waals surface area contributed by atoms with E-state index in [1.54, 1.807) is 18.2 Å². The second kappa shape index (κ2) is 5.05. The Morgan fingerprint density at radius 2 is 2.17 bits per heavy atom. The van der Waals surface area contributed by atoms with Crippen LogP contribution in [0.5, 0.6) is 0 Å². The Balaban J connectivity index is 2.25. The summed E-state index contributed by atoms with van der Waals surface area (Å²) >= 11 is 0. The summed E-state index contributed by atoms with van der Waals surface area (Å²) in [6.07, 6.45) is -0.750. The molecule has 1 heterocycles. The molecule has 0 aliphatic carbocycles. The molecule has 98 valence electrons. The molecule has 1 aliphatic heterocycles. The van der Waals surface area contributed by atoms with Crippen LogP contribution < -0.4 is 4.72 Å². The van der Waals surface area contributed by atoms with E-state index in [0.29, 0.717) is 5.56 Å². The van der Waals surface area contributed by atoms with Crippen molar-refractivity contribution in [2.45, 2.75) is 11.0 Å². The van der Waals surface area contributed by atoms with Crippen LogP contribution in [0.3, 0.4) is 0 Å². The molecule has 0 saturated carbocycles. The molecule has 1 aliphatic rings. The van der Waals surface area contributed by atoms with Crippen molar-refractivity contribution in [2.75, 3.05) is 20.3 Å². The van der Waals surface area contributed by atoms with Gasteiger partial charge in [-0.25, -0.2) is 8.42 Å². The van der Waals surface area contributed by atoms with Gasteiger partial charge in [0.2, 0.25) is 0 Å². The van der Waals surface area contributed by atoms with Gasteiger partial charge in [-0.2, -0.15) is 0 Å². The van der Waals surface area contributed by atoms with Gasteiger partial charge in [0, 0.05) is 12.7 Å². The van der Waals surface area contributed by atoms with Crippen LogP contribution in [0, 0.1) is 0 Å². The summed E-state index contributed by atoms with van der Waals surface area (Å²) in [5, 5.41) is 9.48. The average molecular weight is 270 g/mol. The second-order valence-corrected chi connectivity index (χ2v) is 5.55. The van der Waals surface area contributed by atoms with Crippen molar-refractivity contribution in [1.82, 2.24) is 4.72 Å². The maximum absolute atomic E-state index is 11.8. The second-order valence-electron chi connectivity index (χ2n) is 3.90. The zero-order chi connectivity index (χ0) is 13.2. The van der Waals surface area contributed by atoms with Crippen LogP contribution >= 0.6 is 0 Å². The first-order valence-electron chi connectivity index (χ1n) is 5.38. The summed E-state index contributed by atoms with van der Waals surface area (Å²) in [5.74, 6) is 0.265. The van der Waals surface area contributed by atoms with Crippen LogP contribution in [0.25, 0.3) is 0 Å². The SMILES string of the molecule is COC[C@H](O)CN=C1NS(=O)(=O)c2ccccc21. The lowest BCUT2D eigenvalue weighted by atomic mass is 10.2. The predicted octanol–water partition coefficient (Wildman–Crippen LogP) is -0.268. The highest BCUT2D eigenvalue weighted by Crippen LogP contribution is 2.22. The predicted molar refractivity (Wildman–Crippen MR) is 66.1 cm³/mol. The highest BCUT2D eigenvalue weighted by atomic mass is 32.2. The van der Waals surface area contributed by atoms with Crippen molar-refractivity contribution in [3.63, 3.8) is 0 Å². The monoisotopic (exact) mass is 270 g/mol. The molecule has 7 heteroatoms. The third-order valence-corrected chi connectivity index (χ3v) is 3.88. The van der Waals surface area contributed by atoms with Crippen molar-refractivity contribution >= 4 is 15.9 Å². The molecule has 1 aromatic rings. The summed E-state index contributed by atoms with van der Waals surface area (Å²) in [5.41, 5.74) is 0.530. The van der Waals surface area contributed by atoms with Crippen molar-refractivity contribution in [2.24, 2.45) is 4.99 Å². The normalized spacial score (nSPS) is 20.4. The summed E-state index contributed by atoms with van der Waals surface area (Å²) in [6.45, 7) is 0.241. The Kier molecular flexibility index (Phi) is 3.65. The number of methoxy groups -OCH3 is 1. The topological polar surface area (TPSA) is 88.0 Å². The first-order chi connectivity index (χ1) is 8.54. The van der Waals surface area contributed by atoms with E-state index < -0.39 is 16.1 Å². The first kappa shape index (κ1) is 13.0. The molecule has 0 aromatic heterocycles. The van der Waals surface area contributed by atoms with E-state index in [0.717, 1.165) is 0 Å². The van der Waals surface area contributed by atoms with Gasteiger partial charge in [0.15, 0.2) is 0 Å². The summed E-state index contributed by atoms with van der Waals surface area (Å²) in [6, 6.07) is 6.59. The van der Waals surface area contributed by atoms with E-state index >= 15 is 0 Å². The lowest BCUT2D eigenvalue weighted by Crippen LogP contribution is -2.25. The fourth-order valence-electron chi connectivity index (χ4n) is 1.69. The molecule has 0 saturated heterocycles. The maximum atomic E-state index is 11.8. The third kappa shape index (κ3) is 2.53. The number of nitrogens with zero attached hydrogens (tertiary/aromatic N) is 1. The Hall–Kier alpha value is -1.44. The molecule has 18 heavy (non-hydrogen) atoms. The van der Waals surface area contributed by atoms with Gasteiger partial charge in [0.05, 0.1) is 24.2 Å². The van der Waals surface area contributed by atoms with Crippen molar-refractivity contribution in [1.29, 1.82) is 0 Å². The number of hydrogen-bond donors (Lipinski definition) is 2. The molecule has 0 amide bonds. The minimum atomic E-state index is -3.51. The van der Waals surface area contributed by atoms with Gasteiger partial charge in [-0.15, -0.1) is 0 Å². The molecule has 2 rings (SSSR count). The lowest BCUT2D eigenvalue weighted by Gasteiger charge is -2.06. The van der Waals surface area contributed by atoms with Gasteiger partial charge in [-0.1, -0.05) is 12.1 Å². The number of hydrogen-bond acceptors (Lipinski definition) is 5. The van der Waals surface area contributed by atoms with Crippen LogP contribution in [0.15, 0.2) is 34.2 Å². The van der Waals surface area contributed by atoms with Crippen LogP contribution in [0.1, 0.15) is 5.56 Å². The molecule has 0 unspecified atom stereocenters. The van der Waals surface area contributed by atoms with Crippen LogP contribution in [0.2, 0.25) is 0 Å². The molecule has 1 aromatic carbocycles. The number of amidine groups is 1. The van der Waals surface area contributed by atoms with Crippen molar-refractivity contribution < 1.29 is 18.3 Å². The zero-order valence-corrected chi connectivity index (χ0v) is 10.6. The van der Waals surface area contributed by atoms with E-state index in [9.17, 15) is 13.5 Å². The number of nitrogens with one attached hydrogen (secondary N) is 1. The number of aliphatic hydroxyl groups excluding tert-OH is 1. The number of fused-ring (bicyclic) bond motifs is 1. The molecular weight excluding hydrogens is 256 g/mol. The lowest BCUT2D eigenvalue weighted by molar-refractivity contribution is 0.0705. The number of sulfonamides is 1. The van der Waals surface area contributed by atoms with E-state index in [1.165, 1.54) is 13.2 Å². The van der Waals surface area contributed by atoms with Crippen LogP contribution in [-0.2, 0) is 14.8 Å². The molecule has 0 spiro atoms. The molecule has 0 fully saturated rings. The molecule has 2 N–H and O–H groups in total. The molecule has 6 nitrogen and oxygen atoms in total. The fraction of sp³-hybridized carbons (Fsp3) is 0.364. The van der Waals surface area contributed by atoms with Crippen molar-refractivity contribution in [3.05, 3.63) is 29.8 Å². The minimum absolute atomic E-state index is 0.0834. The van der Waals surface area contributed by atoms with Crippen LogP contribution in [-0.4, -0.2) is 45.7 Å². The smallest absolute Gasteiger partial charge is 0.263 e. The summed E-state index contributed by atoms with van der Waals surface area (Å²) in [7, 11) is -2.03.